The van der Waals surface area contributed by atoms with E-state index in [0.29, 0.717) is 23.5 Å². The topological polar surface area (TPSA) is 70.6 Å². The molecule has 1 amide bonds. The standard InChI is InChI=1S/C21H27F2N2O3P/c1-12(2)19(26)20(27)25-17-8-6-15(14(4)9-17)11-24-16-7-5-13(3)18(10-16)28-21(22,23)29/h5-10,12,19,24,26H,11,29H2,1-4H3,(H,25,27)/t19-/m0/s1. The molecule has 0 fully saturated rings. The minimum absolute atomic E-state index is 0.105. The third-order valence-corrected chi connectivity index (χ3v) is 4.55. The van der Waals surface area contributed by atoms with Crippen molar-refractivity contribution in [2.24, 2.45) is 5.92 Å². The van der Waals surface area contributed by atoms with E-state index in [2.05, 4.69) is 15.4 Å². The number of anilines is 2. The molecule has 0 spiro atoms. The van der Waals surface area contributed by atoms with Crippen LogP contribution < -0.4 is 15.4 Å². The number of aliphatic hydroxyl groups excluding tert-OH is 1. The number of benzene rings is 2. The number of nitrogens with one attached hydrogen (secondary N) is 2. The van der Waals surface area contributed by atoms with E-state index in [1.54, 1.807) is 39.0 Å². The fourth-order valence-electron chi connectivity index (χ4n) is 2.65. The molecule has 1 unspecified atom stereocenters. The minimum atomic E-state index is -3.33. The van der Waals surface area contributed by atoms with Crippen LogP contribution in [0.4, 0.5) is 20.2 Å². The van der Waals surface area contributed by atoms with Crippen molar-refractivity contribution in [3.05, 3.63) is 53.1 Å². The van der Waals surface area contributed by atoms with Gasteiger partial charge in [0.2, 0.25) is 0 Å². The summed E-state index contributed by atoms with van der Waals surface area (Å²) in [5.41, 5.74) is 3.78. The third kappa shape index (κ3) is 6.94. The molecule has 2 atom stereocenters. The highest BCUT2D eigenvalue weighted by atomic mass is 31.0. The minimum Gasteiger partial charge on any atom is -0.430 e. The molecule has 8 heteroatoms. The lowest BCUT2D eigenvalue weighted by Crippen LogP contribution is -2.31. The van der Waals surface area contributed by atoms with E-state index in [0.717, 1.165) is 11.1 Å². The van der Waals surface area contributed by atoms with E-state index in [1.165, 1.54) is 15.3 Å². The lowest BCUT2D eigenvalue weighted by Gasteiger charge is -2.17. The van der Waals surface area contributed by atoms with Gasteiger partial charge in [-0.05, 0) is 63.9 Å². The van der Waals surface area contributed by atoms with Crippen LogP contribution >= 0.6 is 9.24 Å². The summed E-state index contributed by atoms with van der Waals surface area (Å²) in [4.78, 5) is 12.0. The number of aryl methyl sites for hydroxylation is 2. The predicted molar refractivity (Wildman–Crippen MR) is 114 cm³/mol. The number of ether oxygens (including phenoxy) is 1. The van der Waals surface area contributed by atoms with Crippen LogP contribution in [0, 0.1) is 19.8 Å². The Bertz CT molecular complexity index is 869. The number of aliphatic hydroxyl groups is 1. The third-order valence-electron chi connectivity index (χ3n) is 4.43. The Balaban J connectivity index is 2.04. The van der Waals surface area contributed by atoms with Gasteiger partial charge in [0.25, 0.3) is 5.91 Å². The largest absolute Gasteiger partial charge is 0.430 e. The van der Waals surface area contributed by atoms with Gasteiger partial charge in [0, 0.05) is 24.0 Å². The Morgan fingerprint density at radius 1 is 1.14 bits per heavy atom. The highest BCUT2D eigenvalue weighted by Gasteiger charge is 2.24. The second-order valence-corrected chi connectivity index (χ2v) is 7.99. The second-order valence-electron chi connectivity index (χ2n) is 7.32. The maximum Gasteiger partial charge on any atom is 0.408 e. The van der Waals surface area contributed by atoms with Crippen molar-refractivity contribution >= 4 is 26.5 Å². The number of amides is 1. The van der Waals surface area contributed by atoms with Crippen molar-refractivity contribution in [1.29, 1.82) is 0 Å². The van der Waals surface area contributed by atoms with E-state index >= 15 is 0 Å². The van der Waals surface area contributed by atoms with Crippen molar-refractivity contribution in [2.75, 3.05) is 10.6 Å². The van der Waals surface area contributed by atoms with Crippen LogP contribution in [-0.4, -0.2) is 23.0 Å². The van der Waals surface area contributed by atoms with Crippen molar-refractivity contribution in [3.63, 3.8) is 0 Å². The Hall–Kier alpha value is -2.24. The molecule has 0 heterocycles. The molecule has 2 aromatic rings. The summed E-state index contributed by atoms with van der Waals surface area (Å²) in [7, 11) is 1.36. The number of rotatable bonds is 8. The average molecular weight is 424 g/mol. The van der Waals surface area contributed by atoms with Crippen LogP contribution in [0.25, 0.3) is 0 Å². The first-order chi connectivity index (χ1) is 13.5. The molecule has 0 radical (unpaired) electrons. The van der Waals surface area contributed by atoms with E-state index in [4.69, 9.17) is 0 Å². The van der Waals surface area contributed by atoms with E-state index in [-0.39, 0.29) is 11.7 Å². The maximum absolute atomic E-state index is 13.1. The molecule has 2 aromatic carbocycles. The van der Waals surface area contributed by atoms with E-state index < -0.39 is 17.9 Å². The fourth-order valence-corrected chi connectivity index (χ4v) is 2.78. The normalized spacial score (nSPS) is 12.6. The van der Waals surface area contributed by atoms with E-state index in [1.807, 2.05) is 19.1 Å². The summed E-state index contributed by atoms with van der Waals surface area (Å²) < 4.78 is 30.9. The van der Waals surface area contributed by atoms with Crippen molar-refractivity contribution < 1.29 is 23.4 Å². The van der Waals surface area contributed by atoms with Gasteiger partial charge in [-0.3, -0.25) is 4.79 Å². The van der Waals surface area contributed by atoms with E-state index in [9.17, 15) is 18.7 Å². The summed E-state index contributed by atoms with van der Waals surface area (Å²) in [5, 5.41) is 15.7. The number of alkyl halides is 2. The zero-order chi connectivity index (χ0) is 21.8. The van der Waals surface area contributed by atoms with Crippen molar-refractivity contribution in [1.82, 2.24) is 0 Å². The Morgan fingerprint density at radius 2 is 1.79 bits per heavy atom. The Morgan fingerprint density at radius 3 is 2.38 bits per heavy atom. The molecule has 3 N–H and O–H groups in total. The lowest BCUT2D eigenvalue weighted by molar-refractivity contribution is -0.125. The van der Waals surface area contributed by atoms with Gasteiger partial charge in [0.15, 0.2) is 0 Å². The zero-order valence-electron chi connectivity index (χ0n) is 16.9. The quantitative estimate of drug-likeness (QED) is 0.539. The molecule has 29 heavy (non-hydrogen) atoms. The Kier molecular flexibility index (Phi) is 7.55. The first-order valence-corrected chi connectivity index (χ1v) is 9.82. The summed E-state index contributed by atoms with van der Waals surface area (Å²) in [6, 6.07) is 10.5. The molecule has 0 aliphatic rings. The second kappa shape index (κ2) is 9.51. The van der Waals surface area contributed by atoms with Crippen LogP contribution in [0.2, 0.25) is 0 Å². The number of carbonyl (C=O) groups is 1. The molecule has 2 rings (SSSR count). The molecule has 158 valence electrons. The van der Waals surface area contributed by atoms with Crippen LogP contribution in [0.5, 0.6) is 5.75 Å². The molecule has 0 aliphatic carbocycles. The van der Waals surface area contributed by atoms with Gasteiger partial charge < -0.3 is 20.5 Å². The summed E-state index contributed by atoms with van der Waals surface area (Å²) in [6.07, 6.45) is -1.07. The highest BCUT2D eigenvalue weighted by Crippen LogP contribution is 2.31. The summed E-state index contributed by atoms with van der Waals surface area (Å²) in [5.74, 6) is -3.84. The molecular formula is C21H27F2N2O3P. The van der Waals surface area contributed by atoms with Gasteiger partial charge in [-0.25, -0.2) is 0 Å². The molecular weight excluding hydrogens is 397 g/mol. The van der Waals surface area contributed by atoms with Gasteiger partial charge in [0.1, 0.15) is 11.9 Å². The smallest absolute Gasteiger partial charge is 0.408 e. The first kappa shape index (κ1) is 23.0. The SMILES string of the molecule is Cc1cc(NC(=O)[C@@H](O)C(C)C)ccc1CNc1ccc(C)c(OC(F)(F)P)c1. The molecule has 5 nitrogen and oxygen atoms in total. The maximum atomic E-state index is 13.1. The predicted octanol–water partition coefficient (Wildman–Crippen LogP) is 4.68. The first-order valence-electron chi connectivity index (χ1n) is 9.25. The van der Waals surface area contributed by atoms with Crippen molar-refractivity contribution in [3.8, 4) is 5.75 Å². The van der Waals surface area contributed by atoms with Gasteiger partial charge >= 0.3 is 5.85 Å². The van der Waals surface area contributed by atoms with Crippen LogP contribution in [0.1, 0.15) is 30.5 Å². The fraction of sp³-hybridized carbons (Fsp3) is 0.381. The van der Waals surface area contributed by atoms with Crippen molar-refractivity contribution in [2.45, 2.75) is 46.2 Å². The lowest BCUT2D eigenvalue weighted by atomic mass is 10.1. The zero-order valence-corrected chi connectivity index (χ0v) is 18.1. The molecule has 0 saturated heterocycles. The average Bonchev–Trinajstić information content (AvgIpc) is 2.61. The molecule has 0 saturated carbocycles. The molecule has 0 bridgehead atoms. The summed E-state index contributed by atoms with van der Waals surface area (Å²) in [6.45, 7) is 7.61. The number of halogens is 2. The van der Waals surface area contributed by atoms with Crippen LogP contribution in [-0.2, 0) is 11.3 Å². The Labute approximate surface area is 172 Å². The van der Waals surface area contributed by atoms with Gasteiger partial charge in [-0.2, -0.15) is 8.78 Å². The summed E-state index contributed by atoms with van der Waals surface area (Å²) >= 11 is 0. The van der Waals surface area contributed by atoms with Crippen LogP contribution in [0.3, 0.4) is 0 Å². The van der Waals surface area contributed by atoms with Gasteiger partial charge in [0.05, 0.1) is 0 Å². The van der Waals surface area contributed by atoms with Gasteiger partial charge in [-0.15, -0.1) is 0 Å². The van der Waals surface area contributed by atoms with Gasteiger partial charge in [-0.1, -0.05) is 26.0 Å². The molecule has 0 aromatic heterocycles. The molecule has 0 aliphatic heterocycles. The number of hydrogen-bond acceptors (Lipinski definition) is 4. The highest BCUT2D eigenvalue weighted by molar-refractivity contribution is 7.17. The number of carbonyl (C=O) groups excluding carboxylic acids is 1. The number of hydrogen-bond donors (Lipinski definition) is 3. The monoisotopic (exact) mass is 424 g/mol. The van der Waals surface area contributed by atoms with Crippen LogP contribution in [0.15, 0.2) is 36.4 Å².